The number of para-hydroxylation sites is 1. The fourth-order valence-electron chi connectivity index (χ4n) is 2.84. The highest BCUT2D eigenvalue weighted by atomic mass is 32.2. The zero-order valence-corrected chi connectivity index (χ0v) is 11.3. The van der Waals surface area contributed by atoms with E-state index in [1.54, 1.807) is 0 Å². The first-order valence-electron chi connectivity index (χ1n) is 6.11. The van der Waals surface area contributed by atoms with Gasteiger partial charge in [0.05, 0.1) is 17.4 Å². The van der Waals surface area contributed by atoms with E-state index in [0.717, 1.165) is 12.1 Å². The number of hydrogen-bond donors (Lipinski definition) is 2. The van der Waals surface area contributed by atoms with Crippen LogP contribution < -0.4 is 5.32 Å². The van der Waals surface area contributed by atoms with Gasteiger partial charge in [0.15, 0.2) is 9.84 Å². The van der Waals surface area contributed by atoms with Crippen LogP contribution in [0.3, 0.4) is 0 Å². The summed E-state index contributed by atoms with van der Waals surface area (Å²) in [5, 5.41) is 12.4. The van der Waals surface area contributed by atoms with Crippen LogP contribution in [0.1, 0.15) is 19.3 Å². The number of aliphatic hydroxyl groups excluding tert-OH is 1. The molecule has 1 fully saturated rings. The summed E-state index contributed by atoms with van der Waals surface area (Å²) >= 11 is 0. The molecule has 0 heterocycles. The highest BCUT2D eigenvalue weighted by Crippen LogP contribution is 2.37. The Bertz CT molecular complexity index is 500. The summed E-state index contributed by atoms with van der Waals surface area (Å²) in [7, 11) is -3.16. The molecule has 0 aliphatic heterocycles. The van der Waals surface area contributed by atoms with E-state index in [4.69, 9.17) is 0 Å². The van der Waals surface area contributed by atoms with Gasteiger partial charge in [0.2, 0.25) is 0 Å². The fourth-order valence-corrected chi connectivity index (χ4v) is 4.50. The Hall–Kier alpha value is -1.07. The van der Waals surface area contributed by atoms with Crippen LogP contribution in [0.5, 0.6) is 0 Å². The summed E-state index contributed by atoms with van der Waals surface area (Å²) in [6, 6.07) is 9.44. The van der Waals surface area contributed by atoms with Gasteiger partial charge in [0, 0.05) is 11.9 Å². The second kappa shape index (κ2) is 4.90. The lowest BCUT2D eigenvalue weighted by Gasteiger charge is -2.34. The Kier molecular flexibility index (Phi) is 3.64. The average Bonchev–Trinajstić information content (AvgIpc) is 2.74. The topological polar surface area (TPSA) is 66.4 Å². The van der Waals surface area contributed by atoms with Crippen LogP contribution in [0.25, 0.3) is 0 Å². The van der Waals surface area contributed by atoms with Gasteiger partial charge in [-0.25, -0.2) is 8.42 Å². The van der Waals surface area contributed by atoms with Crippen LogP contribution in [0.15, 0.2) is 30.3 Å². The Balaban J connectivity index is 2.30. The maximum atomic E-state index is 11.8. The van der Waals surface area contributed by atoms with E-state index in [-0.39, 0.29) is 6.61 Å². The molecule has 5 heteroatoms. The first-order chi connectivity index (χ1) is 8.48. The van der Waals surface area contributed by atoms with Crippen molar-refractivity contribution < 1.29 is 13.5 Å². The van der Waals surface area contributed by atoms with E-state index in [1.807, 2.05) is 30.3 Å². The predicted octanol–water partition coefficient (Wildman–Crippen LogP) is 1.43. The molecular weight excluding hydrogens is 250 g/mol. The maximum absolute atomic E-state index is 11.8. The van der Waals surface area contributed by atoms with Crippen LogP contribution in [0.4, 0.5) is 5.69 Å². The van der Waals surface area contributed by atoms with Crippen LogP contribution >= 0.6 is 0 Å². The number of hydrogen-bond acceptors (Lipinski definition) is 4. The SMILES string of the molecule is CS(=O)(=O)C1CCCC1(CO)Nc1ccccc1. The Labute approximate surface area is 108 Å². The lowest BCUT2D eigenvalue weighted by atomic mass is 9.98. The van der Waals surface area contributed by atoms with E-state index in [0.29, 0.717) is 12.8 Å². The summed E-state index contributed by atoms with van der Waals surface area (Å²) < 4.78 is 23.7. The highest BCUT2D eigenvalue weighted by molar-refractivity contribution is 7.91. The van der Waals surface area contributed by atoms with Crippen LogP contribution in [-0.4, -0.2) is 37.2 Å². The van der Waals surface area contributed by atoms with Gasteiger partial charge in [-0.2, -0.15) is 0 Å². The van der Waals surface area contributed by atoms with Crippen LogP contribution in [-0.2, 0) is 9.84 Å². The third-order valence-corrected chi connectivity index (χ3v) is 5.39. The monoisotopic (exact) mass is 269 g/mol. The van der Waals surface area contributed by atoms with E-state index in [9.17, 15) is 13.5 Å². The largest absolute Gasteiger partial charge is 0.394 e. The number of aliphatic hydroxyl groups is 1. The summed E-state index contributed by atoms with van der Waals surface area (Å²) in [6.07, 6.45) is 3.35. The normalized spacial score (nSPS) is 28.2. The van der Waals surface area contributed by atoms with Crippen molar-refractivity contribution in [3.05, 3.63) is 30.3 Å². The zero-order chi connectivity index (χ0) is 13.2. The summed E-state index contributed by atoms with van der Waals surface area (Å²) in [5.74, 6) is 0. The van der Waals surface area contributed by atoms with Gasteiger partial charge in [-0.05, 0) is 31.4 Å². The quantitative estimate of drug-likeness (QED) is 0.867. The van der Waals surface area contributed by atoms with Crippen LogP contribution in [0, 0.1) is 0 Å². The number of nitrogens with one attached hydrogen (secondary N) is 1. The number of anilines is 1. The molecule has 1 aromatic carbocycles. The predicted molar refractivity (Wildman–Crippen MR) is 72.4 cm³/mol. The van der Waals surface area contributed by atoms with Crippen molar-refractivity contribution in [3.8, 4) is 0 Å². The minimum absolute atomic E-state index is 0.167. The summed E-state index contributed by atoms with van der Waals surface area (Å²) in [5.41, 5.74) is 0.108. The minimum atomic E-state index is -3.16. The Morgan fingerprint density at radius 2 is 2.06 bits per heavy atom. The zero-order valence-electron chi connectivity index (χ0n) is 10.5. The van der Waals surface area contributed by atoms with Gasteiger partial charge in [0.25, 0.3) is 0 Å². The number of rotatable bonds is 4. The van der Waals surface area contributed by atoms with Crippen molar-refractivity contribution >= 4 is 15.5 Å². The molecule has 0 saturated heterocycles. The third kappa shape index (κ3) is 2.52. The third-order valence-electron chi connectivity index (χ3n) is 3.67. The molecule has 0 aromatic heterocycles. The van der Waals surface area contributed by atoms with Gasteiger partial charge in [-0.15, -0.1) is 0 Å². The molecular formula is C13H19NO3S. The fraction of sp³-hybridized carbons (Fsp3) is 0.538. The smallest absolute Gasteiger partial charge is 0.152 e. The lowest BCUT2D eigenvalue weighted by molar-refractivity contribution is 0.215. The summed E-state index contributed by atoms with van der Waals surface area (Å²) in [6.45, 7) is -0.167. The molecule has 1 aromatic rings. The van der Waals surface area contributed by atoms with Crippen molar-refractivity contribution in [2.75, 3.05) is 18.2 Å². The van der Waals surface area contributed by atoms with E-state index < -0.39 is 20.6 Å². The Morgan fingerprint density at radius 1 is 1.39 bits per heavy atom. The standard InChI is InChI=1S/C13H19NO3S/c1-18(16,17)12-8-5-9-13(12,10-15)14-11-6-3-2-4-7-11/h2-4,6-7,12,14-15H,5,8-10H2,1H3. The van der Waals surface area contributed by atoms with E-state index in [2.05, 4.69) is 5.32 Å². The molecule has 1 aliphatic carbocycles. The van der Waals surface area contributed by atoms with Crippen molar-refractivity contribution in [1.82, 2.24) is 0 Å². The molecule has 2 unspecified atom stereocenters. The molecule has 100 valence electrons. The highest BCUT2D eigenvalue weighted by Gasteiger charge is 2.47. The van der Waals surface area contributed by atoms with Crippen molar-refractivity contribution in [3.63, 3.8) is 0 Å². The molecule has 2 rings (SSSR count). The molecule has 0 radical (unpaired) electrons. The molecule has 0 amide bonds. The van der Waals surface area contributed by atoms with Gasteiger partial charge in [0.1, 0.15) is 0 Å². The van der Waals surface area contributed by atoms with Crippen LogP contribution in [0.2, 0.25) is 0 Å². The second-order valence-corrected chi connectivity index (χ2v) is 7.24. The maximum Gasteiger partial charge on any atom is 0.152 e. The second-order valence-electron chi connectivity index (χ2n) is 5.02. The van der Waals surface area contributed by atoms with Crippen molar-refractivity contribution in [2.45, 2.75) is 30.1 Å². The molecule has 18 heavy (non-hydrogen) atoms. The first-order valence-corrected chi connectivity index (χ1v) is 8.06. The summed E-state index contributed by atoms with van der Waals surface area (Å²) in [4.78, 5) is 0. The molecule has 1 aliphatic rings. The molecule has 2 N–H and O–H groups in total. The van der Waals surface area contributed by atoms with Crippen molar-refractivity contribution in [2.24, 2.45) is 0 Å². The molecule has 0 spiro atoms. The van der Waals surface area contributed by atoms with E-state index >= 15 is 0 Å². The van der Waals surface area contributed by atoms with E-state index in [1.165, 1.54) is 6.26 Å². The molecule has 1 saturated carbocycles. The molecule has 4 nitrogen and oxygen atoms in total. The van der Waals surface area contributed by atoms with Gasteiger partial charge >= 0.3 is 0 Å². The molecule has 0 bridgehead atoms. The lowest BCUT2D eigenvalue weighted by Crippen LogP contribution is -2.51. The molecule has 2 atom stereocenters. The van der Waals surface area contributed by atoms with Gasteiger partial charge < -0.3 is 10.4 Å². The average molecular weight is 269 g/mol. The first kappa shape index (κ1) is 13.4. The minimum Gasteiger partial charge on any atom is -0.394 e. The van der Waals surface area contributed by atoms with Crippen molar-refractivity contribution in [1.29, 1.82) is 0 Å². The Morgan fingerprint density at radius 3 is 2.61 bits per heavy atom. The van der Waals surface area contributed by atoms with Gasteiger partial charge in [-0.1, -0.05) is 18.2 Å². The number of sulfone groups is 1. The van der Waals surface area contributed by atoms with Gasteiger partial charge in [-0.3, -0.25) is 0 Å². The number of benzene rings is 1.